The van der Waals surface area contributed by atoms with Crippen LogP contribution in [0.25, 0.3) is 11.1 Å². The first-order valence-corrected chi connectivity index (χ1v) is 10.4. The highest BCUT2D eigenvalue weighted by Crippen LogP contribution is 2.36. The summed E-state index contributed by atoms with van der Waals surface area (Å²) in [5, 5.41) is 5.28. The van der Waals surface area contributed by atoms with Gasteiger partial charge in [0.25, 0.3) is 5.91 Å². The van der Waals surface area contributed by atoms with Gasteiger partial charge in [0.2, 0.25) is 0 Å². The number of hydrogen-bond acceptors (Lipinski definition) is 6. The van der Waals surface area contributed by atoms with Crippen molar-refractivity contribution in [3.8, 4) is 11.1 Å². The van der Waals surface area contributed by atoms with E-state index in [1.807, 2.05) is 35.7 Å². The zero-order valence-electron chi connectivity index (χ0n) is 17.2. The van der Waals surface area contributed by atoms with E-state index in [1.54, 1.807) is 21.1 Å². The van der Waals surface area contributed by atoms with Crippen LogP contribution in [0.3, 0.4) is 0 Å². The highest BCUT2D eigenvalue weighted by Gasteiger charge is 2.24. The first-order valence-electron chi connectivity index (χ1n) is 9.56. The number of ether oxygens (including phenoxy) is 3. The third-order valence-electron chi connectivity index (χ3n) is 4.34. The number of hydrogen-bond donors (Lipinski definition) is 2. The molecule has 0 aliphatic carbocycles. The van der Waals surface area contributed by atoms with Gasteiger partial charge in [0.1, 0.15) is 23.7 Å². The fourth-order valence-corrected chi connectivity index (χ4v) is 3.85. The van der Waals surface area contributed by atoms with Gasteiger partial charge in [-0.05, 0) is 12.5 Å². The van der Waals surface area contributed by atoms with E-state index in [0.29, 0.717) is 36.9 Å². The molecule has 2 N–H and O–H groups in total. The molecule has 0 spiro atoms. The molecule has 0 saturated heterocycles. The Bertz CT molecular complexity index is 771. The molecule has 0 radical (unpaired) electrons. The third-order valence-corrected chi connectivity index (χ3v) is 5.23. The number of methoxy groups -OCH3 is 2. The van der Waals surface area contributed by atoms with E-state index >= 15 is 0 Å². The van der Waals surface area contributed by atoms with Crippen molar-refractivity contribution in [1.82, 2.24) is 0 Å². The van der Waals surface area contributed by atoms with Gasteiger partial charge >= 0.3 is 5.97 Å². The van der Waals surface area contributed by atoms with Crippen molar-refractivity contribution in [1.29, 1.82) is 0 Å². The van der Waals surface area contributed by atoms with Crippen LogP contribution >= 0.6 is 11.3 Å². The molecular formula is C21H29N2O5S+. The van der Waals surface area contributed by atoms with Gasteiger partial charge in [0.15, 0.2) is 6.54 Å². The van der Waals surface area contributed by atoms with Crippen LogP contribution in [0, 0.1) is 0 Å². The standard InChI is InChI=1S/C21H28N2O5S/c1-4-28-21(25)19-17(16-8-6-5-7-9-16)15-29-20(19)22-18(24)14-23(10-12-26-2)11-13-27-3/h5-9,15H,4,10-14H2,1-3H3,(H,22,24)/p+1. The van der Waals surface area contributed by atoms with Crippen molar-refractivity contribution in [2.24, 2.45) is 0 Å². The Morgan fingerprint density at radius 2 is 1.72 bits per heavy atom. The molecule has 1 aromatic carbocycles. The topological polar surface area (TPSA) is 78.3 Å². The number of carbonyl (C=O) groups excluding carboxylic acids is 2. The van der Waals surface area contributed by atoms with Crippen LogP contribution in [-0.2, 0) is 19.0 Å². The molecule has 0 aliphatic rings. The smallest absolute Gasteiger partial charge is 0.341 e. The minimum Gasteiger partial charge on any atom is -0.462 e. The summed E-state index contributed by atoms with van der Waals surface area (Å²) in [6.07, 6.45) is 0. The Morgan fingerprint density at radius 1 is 1.07 bits per heavy atom. The number of esters is 1. The average Bonchev–Trinajstić information content (AvgIpc) is 3.14. The van der Waals surface area contributed by atoms with Crippen LogP contribution in [-0.4, -0.2) is 65.6 Å². The number of anilines is 1. The lowest BCUT2D eigenvalue weighted by atomic mass is 10.0. The maximum absolute atomic E-state index is 12.7. The zero-order valence-corrected chi connectivity index (χ0v) is 18.0. The summed E-state index contributed by atoms with van der Waals surface area (Å²) in [6, 6.07) is 9.59. The van der Waals surface area contributed by atoms with Crippen molar-refractivity contribution >= 4 is 28.2 Å². The van der Waals surface area contributed by atoms with Crippen LogP contribution in [0.1, 0.15) is 17.3 Å². The van der Waals surface area contributed by atoms with E-state index in [2.05, 4.69) is 5.32 Å². The molecule has 0 atom stereocenters. The Hall–Kier alpha value is -2.26. The van der Waals surface area contributed by atoms with Crippen LogP contribution in [0.2, 0.25) is 0 Å². The fraction of sp³-hybridized carbons (Fsp3) is 0.429. The van der Waals surface area contributed by atoms with Gasteiger partial charge in [0.05, 0.1) is 19.8 Å². The first kappa shape index (κ1) is 23.0. The predicted octanol–water partition coefficient (Wildman–Crippen LogP) is 1.71. The summed E-state index contributed by atoms with van der Waals surface area (Å²) >= 11 is 1.32. The summed E-state index contributed by atoms with van der Waals surface area (Å²) < 4.78 is 15.5. The number of quaternary nitrogens is 1. The van der Waals surface area contributed by atoms with Gasteiger partial charge in [-0.3, -0.25) is 4.79 Å². The molecule has 0 saturated carbocycles. The Kier molecular flexibility index (Phi) is 9.79. The van der Waals surface area contributed by atoms with Crippen molar-refractivity contribution in [2.75, 3.05) is 59.0 Å². The lowest BCUT2D eigenvalue weighted by Gasteiger charge is -2.18. The van der Waals surface area contributed by atoms with E-state index < -0.39 is 5.97 Å². The lowest BCUT2D eigenvalue weighted by Crippen LogP contribution is -3.14. The molecule has 2 aromatic rings. The number of carbonyl (C=O) groups is 2. The largest absolute Gasteiger partial charge is 0.462 e. The molecule has 158 valence electrons. The first-order chi connectivity index (χ1) is 14.1. The van der Waals surface area contributed by atoms with Crippen molar-refractivity contribution in [2.45, 2.75) is 6.92 Å². The van der Waals surface area contributed by atoms with E-state index in [-0.39, 0.29) is 19.1 Å². The molecule has 0 aliphatic heterocycles. The second-order valence-electron chi connectivity index (χ2n) is 6.40. The number of benzene rings is 1. The molecule has 1 amide bonds. The van der Waals surface area contributed by atoms with Crippen molar-refractivity contribution in [3.05, 3.63) is 41.3 Å². The predicted molar refractivity (Wildman–Crippen MR) is 114 cm³/mol. The quantitative estimate of drug-likeness (QED) is 0.510. The highest BCUT2D eigenvalue weighted by molar-refractivity contribution is 7.15. The van der Waals surface area contributed by atoms with Gasteiger partial charge in [-0.1, -0.05) is 30.3 Å². The van der Waals surface area contributed by atoms with Gasteiger partial charge in [-0.2, -0.15) is 0 Å². The molecule has 8 heteroatoms. The monoisotopic (exact) mass is 421 g/mol. The Labute approximate surface area is 175 Å². The molecule has 0 fully saturated rings. The van der Waals surface area contributed by atoms with Crippen molar-refractivity contribution in [3.63, 3.8) is 0 Å². The summed E-state index contributed by atoms with van der Waals surface area (Å²) in [4.78, 5) is 26.3. The maximum Gasteiger partial charge on any atom is 0.341 e. The SMILES string of the molecule is CCOC(=O)c1c(-c2ccccc2)csc1NC(=O)C[NH+](CCOC)CCOC. The third kappa shape index (κ3) is 6.93. The van der Waals surface area contributed by atoms with Gasteiger partial charge in [0, 0.05) is 25.2 Å². The number of nitrogens with one attached hydrogen (secondary N) is 2. The van der Waals surface area contributed by atoms with Gasteiger partial charge in [-0.15, -0.1) is 11.3 Å². The van der Waals surface area contributed by atoms with Crippen LogP contribution in [0.15, 0.2) is 35.7 Å². The maximum atomic E-state index is 12.7. The summed E-state index contributed by atoms with van der Waals surface area (Å²) in [5.41, 5.74) is 2.05. The Balaban J connectivity index is 2.19. The minimum atomic E-state index is -0.439. The second kappa shape index (κ2) is 12.3. The molecule has 0 bridgehead atoms. The molecule has 1 aromatic heterocycles. The van der Waals surface area contributed by atoms with Gasteiger partial charge < -0.3 is 24.4 Å². The normalized spacial score (nSPS) is 10.9. The summed E-state index contributed by atoms with van der Waals surface area (Å²) in [7, 11) is 3.27. The number of amides is 1. The average molecular weight is 422 g/mol. The lowest BCUT2D eigenvalue weighted by molar-refractivity contribution is -0.892. The van der Waals surface area contributed by atoms with E-state index in [4.69, 9.17) is 14.2 Å². The van der Waals surface area contributed by atoms with E-state index in [9.17, 15) is 9.59 Å². The highest BCUT2D eigenvalue weighted by atomic mass is 32.1. The summed E-state index contributed by atoms with van der Waals surface area (Å²) in [6.45, 7) is 4.78. The van der Waals surface area contributed by atoms with E-state index in [1.165, 1.54) is 11.3 Å². The van der Waals surface area contributed by atoms with Crippen LogP contribution in [0.5, 0.6) is 0 Å². The Morgan fingerprint density at radius 3 is 2.31 bits per heavy atom. The molecule has 7 nitrogen and oxygen atoms in total. The van der Waals surface area contributed by atoms with Crippen molar-refractivity contribution < 1.29 is 28.7 Å². The van der Waals surface area contributed by atoms with Gasteiger partial charge in [-0.25, -0.2) is 4.79 Å². The number of thiophene rings is 1. The van der Waals surface area contributed by atoms with Crippen LogP contribution in [0.4, 0.5) is 5.00 Å². The molecule has 2 rings (SSSR count). The zero-order chi connectivity index (χ0) is 21.1. The minimum absolute atomic E-state index is 0.167. The summed E-state index contributed by atoms with van der Waals surface area (Å²) in [5.74, 6) is -0.606. The second-order valence-corrected chi connectivity index (χ2v) is 7.28. The molecular weight excluding hydrogens is 392 g/mol. The van der Waals surface area contributed by atoms with E-state index in [0.717, 1.165) is 16.0 Å². The van der Waals surface area contributed by atoms with Crippen LogP contribution < -0.4 is 10.2 Å². The molecule has 0 unspecified atom stereocenters. The number of rotatable bonds is 12. The fourth-order valence-electron chi connectivity index (χ4n) is 2.88. The molecule has 1 heterocycles. The molecule has 29 heavy (non-hydrogen) atoms.